The van der Waals surface area contributed by atoms with Gasteiger partial charge in [0, 0.05) is 17.7 Å². The molecule has 0 aliphatic carbocycles. The molecule has 2 rings (SSSR count). The van der Waals surface area contributed by atoms with Crippen LogP contribution in [0.2, 0.25) is 0 Å². The first-order valence-electron chi connectivity index (χ1n) is 6.35. The molecule has 2 heterocycles. The number of rotatable bonds is 4. The number of nitrogens with zero attached hydrogens (tertiary/aromatic N) is 3. The summed E-state index contributed by atoms with van der Waals surface area (Å²) in [6.45, 7) is 6.68. The van der Waals surface area contributed by atoms with Crippen molar-refractivity contribution in [3.05, 3.63) is 41.5 Å². The van der Waals surface area contributed by atoms with Crippen molar-refractivity contribution < 1.29 is 0 Å². The lowest BCUT2D eigenvalue weighted by Gasteiger charge is -2.10. The van der Waals surface area contributed by atoms with Crippen molar-refractivity contribution in [2.24, 2.45) is 0 Å². The molecule has 2 aromatic rings. The van der Waals surface area contributed by atoms with Crippen molar-refractivity contribution >= 4 is 11.6 Å². The molecule has 0 aromatic carbocycles. The molecular weight excluding hydrogens is 238 g/mol. The molecule has 0 atom stereocenters. The highest BCUT2D eigenvalue weighted by Crippen LogP contribution is 2.15. The number of nitrogens with one attached hydrogen (secondary N) is 1. The fourth-order valence-electron chi connectivity index (χ4n) is 1.71. The van der Waals surface area contributed by atoms with Gasteiger partial charge in [0.15, 0.2) is 0 Å². The number of aryl methyl sites for hydroxylation is 1. The summed E-state index contributed by atoms with van der Waals surface area (Å²) < 4.78 is 0. The van der Waals surface area contributed by atoms with Crippen molar-refractivity contribution in [1.82, 2.24) is 15.0 Å². The van der Waals surface area contributed by atoms with Gasteiger partial charge in [0.05, 0.1) is 12.2 Å². The maximum Gasteiger partial charge on any atom is 0.135 e. The van der Waals surface area contributed by atoms with Crippen LogP contribution in [0.5, 0.6) is 0 Å². The van der Waals surface area contributed by atoms with Crippen molar-refractivity contribution in [2.75, 3.05) is 11.1 Å². The van der Waals surface area contributed by atoms with Crippen molar-refractivity contribution in [2.45, 2.75) is 33.2 Å². The predicted molar refractivity (Wildman–Crippen MR) is 76.8 cm³/mol. The molecule has 0 amide bonds. The van der Waals surface area contributed by atoms with Crippen LogP contribution in [0, 0.1) is 6.92 Å². The van der Waals surface area contributed by atoms with Crippen molar-refractivity contribution in [3.8, 4) is 0 Å². The van der Waals surface area contributed by atoms with Gasteiger partial charge in [-0.1, -0.05) is 19.9 Å². The molecule has 100 valence electrons. The Bertz CT molecular complexity index is 566. The molecule has 5 nitrogen and oxygen atoms in total. The van der Waals surface area contributed by atoms with E-state index in [0.29, 0.717) is 12.4 Å². The Morgan fingerprint density at radius 3 is 2.68 bits per heavy atom. The van der Waals surface area contributed by atoms with E-state index in [0.717, 1.165) is 23.0 Å². The van der Waals surface area contributed by atoms with Gasteiger partial charge in [0.2, 0.25) is 0 Å². The smallest absolute Gasteiger partial charge is 0.135 e. The van der Waals surface area contributed by atoms with E-state index in [1.165, 1.54) is 0 Å². The lowest BCUT2D eigenvalue weighted by Crippen LogP contribution is -2.08. The number of pyridine rings is 1. The summed E-state index contributed by atoms with van der Waals surface area (Å²) >= 11 is 0. The summed E-state index contributed by atoms with van der Waals surface area (Å²) in [5.74, 6) is 2.22. The van der Waals surface area contributed by atoms with Gasteiger partial charge in [-0.25, -0.2) is 9.97 Å². The van der Waals surface area contributed by atoms with Crippen LogP contribution in [-0.2, 0) is 6.54 Å². The lowest BCUT2D eigenvalue weighted by atomic mass is 10.2. The summed E-state index contributed by atoms with van der Waals surface area (Å²) in [5, 5.41) is 3.23. The average molecular weight is 257 g/mol. The minimum absolute atomic E-state index is 0.251. The fourth-order valence-corrected chi connectivity index (χ4v) is 1.71. The molecule has 0 unspecified atom stereocenters. The molecule has 3 N–H and O–H groups in total. The van der Waals surface area contributed by atoms with Crippen LogP contribution in [0.1, 0.15) is 37.0 Å². The lowest BCUT2D eigenvalue weighted by molar-refractivity contribution is 0.776. The van der Waals surface area contributed by atoms with E-state index in [2.05, 4.69) is 20.3 Å². The third kappa shape index (κ3) is 3.64. The van der Waals surface area contributed by atoms with Gasteiger partial charge in [0.25, 0.3) is 0 Å². The van der Waals surface area contributed by atoms with E-state index in [-0.39, 0.29) is 5.92 Å². The van der Waals surface area contributed by atoms with Crippen LogP contribution in [0.4, 0.5) is 11.6 Å². The molecule has 0 fully saturated rings. The number of nitrogens with two attached hydrogens (primary N) is 1. The summed E-state index contributed by atoms with van der Waals surface area (Å²) in [6, 6.07) is 7.69. The van der Waals surface area contributed by atoms with Gasteiger partial charge < -0.3 is 11.1 Å². The van der Waals surface area contributed by atoms with Crippen molar-refractivity contribution in [1.29, 1.82) is 0 Å². The Hall–Kier alpha value is -2.17. The zero-order valence-electron chi connectivity index (χ0n) is 11.5. The van der Waals surface area contributed by atoms with Gasteiger partial charge in [-0.15, -0.1) is 0 Å². The Morgan fingerprint density at radius 1 is 1.21 bits per heavy atom. The molecule has 0 spiro atoms. The van der Waals surface area contributed by atoms with E-state index in [1.54, 1.807) is 6.07 Å². The van der Waals surface area contributed by atoms with Gasteiger partial charge >= 0.3 is 0 Å². The second-order valence-electron chi connectivity index (χ2n) is 4.81. The normalized spacial score (nSPS) is 10.7. The third-order valence-corrected chi connectivity index (χ3v) is 2.68. The van der Waals surface area contributed by atoms with E-state index in [1.807, 2.05) is 39.0 Å². The molecule has 19 heavy (non-hydrogen) atoms. The van der Waals surface area contributed by atoms with E-state index >= 15 is 0 Å². The zero-order valence-corrected chi connectivity index (χ0v) is 11.5. The summed E-state index contributed by atoms with van der Waals surface area (Å²) in [4.78, 5) is 13.1. The van der Waals surface area contributed by atoms with E-state index < -0.39 is 0 Å². The highest BCUT2D eigenvalue weighted by Gasteiger charge is 2.06. The molecule has 0 saturated carbocycles. The molecule has 0 bridgehead atoms. The molecule has 0 radical (unpaired) electrons. The molecule has 0 saturated heterocycles. The van der Waals surface area contributed by atoms with Crippen LogP contribution < -0.4 is 11.1 Å². The topological polar surface area (TPSA) is 76.7 Å². The second kappa shape index (κ2) is 5.65. The Labute approximate surface area is 113 Å². The maximum atomic E-state index is 5.78. The van der Waals surface area contributed by atoms with Crippen molar-refractivity contribution in [3.63, 3.8) is 0 Å². The van der Waals surface area contributed by atoms with Crippen LogP contribution in [0.25, 0.3) is 0 Å². The first-order valence-corrected chi connectivity index (χ1v) is 6.35. The first kappa shape index (κ1) is 13.3. The van der Waals surface area contributed by atoms with Gasteiger partial charge in [0.1, 0.15) is 17.5 Å². The third-order valence-electron chi connectivity index (χ3n) is 2.68. The van der Waals surface area contributed by atoms with Crippen LogP contribution in [0.15, 0.2) is 24.3 Å². The second-order valence-corrected chi connectivity index (χ2v) is 4.81. The number of hydrogen-bond acceptors (Lipinski definition) is 5. The minimum atomic E-state index is 0.251. The predicted octanol–water partition coefficient (Wildman–Crippen LogP) is 2.50. The minimum Gasteiger partial charge on any atom is -0.384 e. The Kier molecular flexibility index (Phi) is 3.94. The molecular formula is C14H19N5. The quantitative estimate of drug-likeness (QED) is 0.880. The fraction of sp³-hybridized carbons (Fsp3) is 0.357. The summed E-state index contributed by atoms with van der Waals surface area (Å²) in [5.41, 5.74) is 7.76. The van der Waals surface area contributed by atoms with Gasteiger partial charge in [-0.3, -0.25) is 4.98 Å². The SMILES string of the molecule is Cc1cccc(CNc2cc(N)nc(C(C)C)n2)n1. The number of nitrogen functional groups attached to an aromatic ring is 1. The Morgan fingerprint density at radius 2 is 2.00 bits per heavy atom. The van der Waals surface area contributed by atoms with Crippen LogP contribution in [0.3, 0.4) is 0 Å². The van der Waals surface area contributed by atoms with Gasteiger partial charge in [-0.2, -0.15) is 0 Å². The molecule has 2 aromatic heterocycles. The molecule has 0 aliphatic rings. The summed E-state index contributed by atoms with van der Waals surface area (Å²) in [6.07, 6.45) is 0. The van der Waals surface area contributed by atoms with E-state index in [4.69, 9.17) is 5.73 Å². The van der Waals surface area contributed by atoms with Crippen LogP contribution >= 0.6 is 0 Å². The molecule has 0 aliphatic heterocycles. The molecule has 5 heteroatoms. The summed E-state index contributed by atoms with van der Waals surface area (Å²) in [7, 11) is 0. The largest absolute Gasteiger partial charge is 0.384 e. The highest BCUT2D eigenvalue weighted by atomic mass is 15.1. The zero-order chi connectivity index (χ0) is 13.8. The van der Waals surface area contributed by atoms with Gasteiger partial charge in [-0.05, 0) is 19.1 Å². The van der Waals surface area contributed by atoms with Crippen LogP contribution in [-0.4, -0.2) is 15.0 Å². The average Bonchev–Trinajstić information content (AvgIpc) is 2.36. The standard InChI is InChI=1S/C14H19N5/c1-9(2)14-18-12(15)7-13(19-14)16-8-11-6-4-5-10(3)17-11/h4-7,9H,8H2,1-3H3,(H3,15,16,18,19). The highest BCUT2D eigenvalue weighted by molar-refractivity contribution is 5.45. The maximum absolute atomic E-state index is 5.78. The Balaban J connectivity index is 2.11. The number of hydrogen-bond donors (Lipinski definition) is 2. The van der Waals surface area contributed by atoms with E-state index in [9.17, 15) is 0 Å². The number of aromatic nitrogens is 3. The monoisotopic (exact) mass is 257 g/mol. The first-order chi connectivity index (χ1) is 9.04. The number of anilines is 2.